The third-order valence-electron chi connectivity index (χ3n) is 3.95. The van der Waals surface area contributed by atoms with Gasteiger partial charge in [0.1, 0.15) is 11.9 Å². The van der Waals surface area contributed by atoms with Crippen LogP contribution in [-0.4, -0.2) is 18.1 Å². The van der Waals surface area contributed by atoms with Gasteiger partial charge in [0.15, 0.2) is 0 Å². The Morgan fingerprint density at radius 1 is 1.33 bits per heavy atom. The first kappa shape index (κ1) is 15.8. The molecule has 1 aromatic carbocycles. The summed E-state index contributed by atoms with van der Waals surface area (Å²) < 4.78 is 6.19. The summed E-state index contributed by atoms with van der Waals surface area (Å²) in [6, 6.07) is 5.85. The first-order valence-corrected chi connectivity index (χ1v) is 7.66. The molecule has 21 heavy (non-hydrogen) atoms. The van der Waals surface area contributed by atoms with E-state index in [-0.39, 0.29) is 23.5 Å². The molecular formula is C17H26N2O2. The quantitative estimate of drug-likeness (QED) is 0.895. The van der Waals surface area contributed by atoms with Crippen LogP contribution in [0.5, 0.6) is 5.75 Å². The predicted octanol–water partition coefficient (Wildman–Crippen LogP) is 3.10. The lowest BCUT2D eigenvalue weighted by molar-refractivity contribution is -0.116. The van der Waals surface area contributed by atoms with Crippen LogP contribution in [0, 0.1) is 5.41 Å². The average Bonchev–Trinajstić information content (AvgIpc) is 2.42. The van der Waals surface area contributed by atoms with Gasteiger partial charge in [-0.3, -0.25) is 4.79 Å². The van der Waals surface area contributed by atoms with E-state index in [4.69, 9.17) is 10.5 Å². The number of nitrogens with two attached hydrogens (primary N) is 1. The molecule has 0 radical (unpaired) electrons. The minimum absolute atomic E-state index is 0.000681. The van der Waals surface area contributed by atoms with Gasteiger partial charge in [-0.1, -0.05) is 27.7 Å². The molecule has 1 aliphatic heterocycles. The number of hydrogen-bond acceptors (Lipinski definition) is 3. The van der Waals surface area contributed by atoms with Gasteiger partial charge in [0.25, 0.3) is 0 Å². The summed E-state index contributed by atoms with van der Waals surface area (Å²) in [7, 11) is 0. The molecule has 2 rings (SSSR count). The number of ether oxygens (including phenoxy) is 1. The van der Waals surface area contributed by atoms with Crippen molar-refractivity contribution >= 4 is 11.6 Å². The van der Waals surface area contributed by atoms with Crippen molar-refractivity contribution < 1.29 is 9.53 Å². The van der Waals surface area contributed by atoms with E-state index in [1.165, 1.54) is 0 Å². The molecule has 3 N–H and O–H groups in total. The largest absolute Gasteiger partial charge is 0.488 e. The molecule has 0 aliphatic carbocycles. The zero-order valence-electron chi connectivity index (χ0n) is 13.4. The van der Waals surface area contributed by atoms with Crippen LogP contribution in [0.1, 0.15) is 46.1 Å². The molecule has 116 valence electrons. The molecule has 1 aliphatic rings. The summed E-state index contributed by atoms with van der Waals surface area (Å²) in [5.41, 5.74) is 8.22. The van der Waals surface area contributed by atoms with E-state index in [0.717, 1.165) is 29.8 Å². The highest BCUT2D eigenvalue weighted by molar-refractivity contribution is 5.93. The SMILES string of the molecule is CCC(N)C(Oc1ccc2c(c1)CCC(=O)N2)C(C)(C)C. The van der Waals surface area contributed by atoms with Crippen LogP contribution in [0.25, 0.3) is 0 Å². The second kappa shape index (κ2) is 6.06. The van der Waals surface area contributed by atoms with Crippen LogP contribution in [0.15, 0.2) is 18.2 Å². The Hall–Kier alpha value is -1.55. The molecule has 1 amide bonds. The van der Waals surface area contributed by atoms with E-state index in [0.29, 0.717) is 6.42 Å². The van der Waals surface area contributed by atoms with Gasteiger partial charge in [-0.25, -0.2) is 0 Å². The number of carbonyl (C=O) groups excluding carboxylic acids is 1. The number of hydrogen-bond donors (Lipinski definition) is 2. The molecule has 0 spiro atoms. The molecule has 4 nitrogen and oxygen atoms in total. The van der Waals surface area contributed by atoms with Gasteiger partial charge in [-0.05, 0) is 36.6 Å². The minimum Gasteiger partial charge on any atom is -0.488 e. The Kier molecular flexibility index (Phi) is 4.57. The van der Waals surface area contributed by atoms with Crippen molar-refractivity contribution in [2.45, 2.75) is 59.1 Å². The number of benzene rings is 1. The summed E-state index contributed by atoms with van der Waals surface area (Å²) in [6.45, 7) is 8.51. The highest BCUT2D eigenvalue weighted by Gasteiger charge is 2.31. The zero-order chi connectivity index (χ0) is 15.6. The maximum Gasteiger partial charge on any atom is 0.224 e. The summed E-state index contributed by atoms with van der Waals surface area (Å²) in [5, 5.41) is 2.89. The van der Waals surface area contributed by atoms with Gasteiger partial charge in [0, 0.05) is 23.6 Å². The Balaban J connectivity index is 2.20. The van der Waals surface area contributed by atoms with Gasteiger partial charge in [0.05, 0.1) is 0 Å². The Bertz CT molecular complexity index is 520. The van der Waals surface area contributed by atoms with Crippen LogP contribution < -0.4 is 15.8 Å². The van der Waals surface area contributed by atoms with Crippen molar-refractivity contribution in [3.63, 3.8) is 0 Å². The third kappa shape index (κ3) is 3.76. The molecular weight excluding hydrogens is 264 g/mol. The number of amides is 1. The molecule has 4 heteroatoms. The van der Waals surface area contributed by atoms with Crippen molar-refractivity contribution in [2.24, 2.45) is 11.1 Å². The monoisotopic (exact) mass is 290 g/mol. The third-order valence-corrected chi connectivity index (χ3v) is 3.95. The first-order valence-electron chi connectivity index (χ1n) is 7.66. The van der Waals surface area contributed by atoms with Gasteiger partial charge in [-0.2, -0.15) is 0 Å². The Labute approximate surface area is 127 Å². The van der Waals surface area contributed by atoms with Gasteiger partial charge < -0.3 is 15.8 Å². The van der Waals surface area contributed by atoms with Crippen molar-refractivity contribution in [3.8, 4) is 5.75 Å². The highest BCUT2D eigenvalue weighted by atomic mass is 16.5. The van der Waals surface area contributed by atoms with Gasteiger partial charge in [0.2, 0.25) is 5.91 Å². The van der Waals surface area contributed by atoms with Crippen molar-refractivity contribution in [2.75, 3.05) is 5.32 Å². The number of nitrogens with one attached hydrogen (secondary N) is 1. The maximum absolute atomic E-state index is 11.4. The molecule has 0 saturated carbocycles. The number of anilines is 1. The molecule has 0 bridgehead atoms. The van der Waals surface area contributed by atoms with Gasteiger partial charge in [-0.15, -0.1) is 0 Å². The zero-order valence-corrected chi connectivity index (χ0v) is 13.4. The first-order chi connectivity index (χ1) is 9.81. The second-order valence-electron chi connectivity index (χ2n) is 6.84. The highest BCUT2D eigenvalue weighted by Crippen LogP contribution is 2.31. The number of rotatable bonds is 4. The van der Waals surface area contributed by atoms with Crippen molar-refractivity contribution in [3.05, 3.63) is 23.8 Å². The van der Waals surface area contributed by atoms with E-state index in [1.54, 1.807) is 0 Å². The molecule has 1 heterocycles. The normalized spacial score (nSPS) is 17.7. The predicted molar refractivity (Wildman–Crippen MR) is 85.5 cm³/mol. The summed E-state index contributed by atoms with van der Waals surface area (Å²) in [4.78, 5) is 11.4. The van der Waals surface area contributed by atoms with E-state index < -0.39 is 0 Å². The summed E-state index contributed by atoms with van der Waals surface area (Å²) >= 11 is 0. The molecule has 0 fully saturated rings. The molecule has 2 unspecified atom stereocenters. The topological polar surface area (TPSA) is 64.3 Å². The fourth-order valence-electron chi connectivity index (χ4n) is 2.70. The second-order valence-corrected chi connectivity index (χ2v) is 6.84. The fourth-order valence-corrected chi connectivity index (χ4v) is 2.70. The lowest BCUT2D eigenvalue weighted by Gasteiger charge is -2.35. The lowest BCUT2D eigenvalue weighted by atomic mass is 9.84. The molecule has 1 aromatic rings. The van der Waals surface area contributed by atoms with E-state index in [9.17, 15) is 4.79 Å². The van der Waals surface area contributed by atoms with Crippen LogP contribution in [0.3, 0.4) is 0 Å². The minimum atomic E-state index is -0.0428. The fraction of sp³-hybridized carbons (Fsp3) is 0.588. The van der Waals surface area contributed by atoms with Crippen molar-refractivity contribution in [1.82, 2.24) is 0 Å². The Morgan fingerprint density at radius 2 is 2.05 bits per heavy atom. The van der Waals surface area contributed by atoms with E-state index in [1.807, 2.05) is 18.2 Å². The van der Waals surface area contributed by atoms with Crippen LogP contribution in [0.4, 0.5) is 5.69 Å². The lowest BCUT2D eigenvalue weighted by Crippen LogP contribution is -2.47. The standard InChI is InChI=1S/C17H26N2O2/c1-5-13(18)16(17(2,3)4)21-12-7-8-14-11(10-12)6-9-15(20)19-14/h7-8,10,13,16H,5-6,9,18H2,1-4H3,(H,19,20). The Morgan fingerprint density at radius 3 is 2.67 bits per heavy atom. The number of fused-ring (bicyclic) bond motifs is 1. The molecule has 2 atom stereocenters. The van der Waals surface area contributed by atoms with Gasteiger partial charge >= 0.3 is 0 Å². The van der Waals surface area contributed by atoms with E-state index >= 15 is 0 Å². The van der Waals surface area contributed by atoms with Crippen LogP contribution in [0.2, 0.25) is 0 Å². The number of aryl methyl sites for hydroxylation is 1. The smallest absolute Gasteiger partial charge is 0.224 e. The molecule has 0 aromatic heterocycles. The number of carbonyl (C=O) groups is 1. The van der Waals surface area contributed by atoms with Crippen LogP contribution in [-0.2, 0) is 11.2 Å². The average molecular weight is 290 g/mol. The maximum atomic E-state index is 11.4. The van der Waals surface area contributed by atoms with Crippen molar-refractivity contribution in [1.29, 1.82) is 0 Å². The molecule has 0 saturated heterocycles. The summed E-state index contributed by atoms with van der Waals surface area (Å²) in [6.07, 6.45) is 2.13. The summed E-state index contributed by atoms with van der Waals surface area (Å²) in [5.74, 6) is 0.908. The van der Waals surface area contributed by atoms with Crippen LogP contribution >= 0.6 is 0 Å². The van der Waals surface area contributed by atoms with E-state index in [2.05, 4.69) is 33.0 Å².